The second-order valence-electron chi connectivity index (χ2n) is 6.56. The molecule has 1 aromatic carbocycles. The Hall–Kier alpha value is -2.63. The van der Waals surface area contributed by atoms with E-state index in [0.717, 1.165) is 25.9 Å². The average molecular weight is 342 g/mol. The molecule has 1 fully saturated rings. The number of carboxylic acids is 1. The van der Waals surface area contributed by atoms with Gasteiger partial charge in [-0.15, -0.1) is 0 Å². The predicted octanol–water partition coefficient (Wildman–Crippen LogP) is 2.53. The second-order valence-corrected chi connectivity index (χ2v) is 6.56. The number of anilines is 1. The maximum atomic E-state index is 12.4. The molecular formula is C19H22N2O4. The molecule has 6 heteroatoms. The van der Waals surface area contributed by atoms with Crippen LogP contribution in [0, 0.1) is 11.8 Å². The van der Waals surface area contributed by atoms with E-state index in [1.807, 2.05) is 11.0 Å². The molecule has 2 atom stereocenters. The number of nitrogens with one attached hydrogen (secondary N) is 1. The molecule has 2 aliphatic rings. The number of nitrogens with zero attached hydrogens (tertiary/aromatic N) is 1. The lowest BCUT2D eigenvalue weighted by Crippen LogP contribution is -2.34. The zero-order chi connectivity index (χ0) is 17.8. The lowest BCUT2D eigenvalue weighted by atomic mass is 9.82. The minimum atomic E-state index is -0.948. The highest BCUT2D eigenvalue weighted by molar-refractivity contribution is 5.97. The third-order valence-corrected chi connectivity index (χ3v) is 4.88. The minimum absolute atomic E-state index is 0.0127. The van der Waals surface area contributed by atoms with Crippen LogP contribution in [0.5, 0.6) is 0 Å². The van der Waals surface area contributed by atoms with Gasteiger partial charge in [-0.1, -0.05) is 12.2 Å². The van der Waals surface area contributed by atoms with E-state index < -0.39 is 17.8 Å². The van der Waals surface area contributed by atoms with Gasteiger partial charge in [0.2, 0.25) is 5.91 Å². The molecule has 0 spiro atoms. The van der Waals surface area contributed by atoms with Gasteiger partial charge in [-0.05, 0) is 49.9 Å². The standard InChI is InChI=1S/C19H22N2O4/c22-17(15-5-1-2-6-16(15)19(24)25)20-14-9-7-13(8-10-14)18(23)21-11-3-4-12-21/h1-2,7-10,15-16H,3-6,11-12H2,(H,20,22)(H,24,25). The van der Waals surface area contributed by atoms with Crippen molar-refractivity contribution in [3.63, 3.8) is 0 Å². The van der Waals surface area contributed by atoms with Crippen molar-refractivity contribution in [2.75, 3.05) is 18.4 Å². The van der Waals surface area contributed by atoms with Crippen LogP contribution in [0.3, 0.4) is 0 Å². The number of carboxylic acid groups (broad SMARTS) is 1. The third kappa shape index (κ3) is 3.90. The van der Waals surface area contributed by atoms with Crippen molar-refractivity contribution >= 4 is 23.5 Å². The van der Waals surface area contributed by atoms with Crippen molar-refractivity contribution < 1.29 is 19.5 Å². The smallest absolute Gasteiger partial charge is 0.307 e. The molecule has 1 aliphatic carbocycles. The number of carbonyl (C=O) groups excluding carboxylic acids is 2. The first-order valence-electron chi connectivity index (χ1n) is 8.64. The van der Waals surface area contributed by atoms with Gasteiger partial charge in [0.05, 0.1) is 11.8 Å². The summed E-state index contributed by atoms with van der Waals surface area (Å²) in [6, 6.07) is 6.78. The molecule has 1 aliphatic heterocycles. The van der Waals surface area contributed by atoms with Crippen LogP contribution in [0.15, 0.2) is 36.4 Å². The number of likely N-dealkylation sites (tertiary alicyclic amines) is 1. The molecule has 0 bridgehead atoms. The minimum Gasteiger partial charge on any atom is -0.481 e. The van der Waals surface area contributed by atoms with Crippen LogP contribution in [0.4, 0.5) is 5.69 Å². The number of hydrogen-bond donors (Lipinski definition) is 2. The maximum absolute atomic E-state index is 12.4. The van der Waals surface area contributed by atoms with E-state index in [1.54, 1.807) is 30.3 Å². The van der Waals surface area contributed by atoms with Crippen LogP contribution < -0.4 is 5.32 Å². The quantitative estimate of drug-likeness (QED) is 0.823. The van der Waals surface area contributed by atoms with Crippen molar-refractivity contribution in [3.05, 3.63) is 42.0 Å². The third-order valence-electron chi connectivity index (χ3n) is 4.88. The average Bonchev–Trinajstić information content (AvgIpc) is 3.16. The predicted molar refractivity (Wildman–Crippen MR) is 93.2 cm³/mol. The molecule has 132 valence electrons. The van der Waals surface area contributed by atoms with E-state index in [4.69, 9.17) is 0 Å². The Balaban J connectivity index is 1.64. The van der Waals surface area contributed by atoms with Gasteiger partial charge >= 0.3 is 5.97 Å². The zero-order valence-electron chi connectivity index (χ0n) is 14.0. The van der Waals surface area contributed by atoms with Crippen molar-refractivity contribution in [3.8, 4) is 0 Å². The van der Waals surface area contributed by atoms with E-state index in [0.29, 0.717) is 24.1 Å². The topological polar surface area (TPSA) is 86.7 Å². The van der Waals surface area contributed by atoms with Crippen LogP contribution in [0.1, 0.15) is 36.0 Å². The highest BCUT2D eigenvalue weighted by Gasteiger charge is 2.34. The first-order valence-corrected chi connectivity index (χ1v) is 8.64. The molecule has 1 aromatic rings. The summed E-state index contributed by atoms with van der Waals surface area (Å²) < 4.78 is 0. The summed E-state index contributed by atoms with van der Waals surface area (Å²) in [5.41, 5.74) is 1.17. The van der Waals surface area contributed by atoms with Crippen molar-refractivity contribution in [2.24, 2.45) is 11.8 Å². The summed E-state index contributed by atoms with van der Waals surface area (Å²) in [4.78, 5) is 37.9. The zero-order valence-corrected chi connectivity index (χ0v) is 14.0. The number of aliphatic carboxylic acids is 1. The number of rotatable bonds is 4. The van der Waals surface area contributed by atoms with Gasteiger partial charge in [-0.25, -0.2) is 0 Å². The van der Waals surface area contributed by atoms with Crippen molar-refractivity contribution in [1.29, 1.82) is 0 Å². The van der Waals surface area contributed by atoms with E-state index in [2.05, 4.69) is 5.32 Å². The van der Waals surface area contributed by atoms with E-state index in [9.17, 15) is 19.5 Å². The molecule has 1 saturated heterocycles. The fourth-order valence-electron chi connectivity index (χ4n) is 3.41. The van der Waals surface area contributed by atoms with E-state index in [1.165, 1.54) is 0 Å². The fourth-order valence-corrected chi connectivity index (χ4v) is 3.41. The lowest BCUT2D eigenvalue weighted by molar-refractivity contribution is -0.146. The summed E-state index contributed by atoms with van der Waals surface area (Å²) in [5, 5.41) is 12.0. The SMILES string of the molecule is O=C(O)C1CC=CCC1C(=O)Nc1ccc(C(=O)N2CCCC2)cc1. The Labute approximate surface area is 146 Å². The summed E-state index contributed by atoms with van der Waals surface area (Å²) in [5.74, 6) is -2.50. The monoisotopic (exact) mass is 342 g/mol. The second kappa shape index (κ2) is 7.51. The number of hydrogen-bond acceptors (Lipinski definition) is 3. The molecule has 2 amide bonds. The maximum Gasteiger partial charge on any atom is 0.307 e. The van der Waals surface area contributed by atoms with Gasteiger partial charge in [-0.2, -0.15) is 0 Å². The molecule has 25 heavy (non-hydrogen) atoms. The molecule has 6 nitrogen and oxygen atoms in total. The van der Waals surface area contributed by atoms with Crippen molar-refractivity contribution in [2.45, 2.75) is 25.7 Å². The fraction of sp³-hybridized carbons (Fsp3) is 0.421. The van der Waals surface area contributed by atoms with Gasteiger partial charge in [0.25, 0.3) is 5.91 Å². The van der Waals surface area contributed by atoms with Crippen LogP contribution in [-0.2, 0) is 9.59 Å². The van der Waals surface area contributed by atoms with Crippen LogP contribution >= 0.6 is 0 Å². The Bertz CT molecular complexity index is 690. The molecule has 1 heterocycles. The van der Waals surface area contributed by atoms with Crippen molar-refractivity contribution in [1.82, 2.24) is 4.90 Å². The number of benzene rings is 1. The van der Waals surface area contributed by atoms with Gasteiger partial charge in [-0.3, -0.25) is 14.4 Å². The number of amides is 2. The first-order chi connectivity index (χ1) is 12.1. The molecule has 2 N–H and O–H groups in total. The summed E-state index contributed by atoms with van der Waals surface area (Å²) >= 11 is 0. The van der Waals surface area contributed by atoms with Crippen LogP contribution in [0.2, 0.25) is 0 Å². The largest absolute Gasteiger partial charge is 0.481 e. The van der Waals surface area contributed by atoms with Crippen LogP contribution in [-0.4, -0.2) is 40.9 Å². The van der Waals surface area contributed by atoms with Crippen LogP contribution in [0.25, 0.3) is 0 Å². The normalized spacial score (nSPS) is 22.6. The van der Waals surface area contributed by atoms with Gasteiger partial charge < -0.3 is 15.3 Å². The lowest BCUT2D eigenvalue weighted by Gasteiger charge is -2.24. The first kappa shape index (κ1) is 17.2. The highest BCUT2D eigenvalue weighted by Crippen LogP contribution is 2.27. The molecule has 0 saturated carbocycles. The Morgan fingerprint density at radius 3 is 2.16 bits per heavy atom. The molecule has 3 rings (SSSR count). The van der Waals surface area contributed by atoms with Gasteiger partial charge in [0.1, 0.15) is 0 Å². The van der Waals surface area contributed by atoms with Gasteiger partial charge in [0.15, 0.2) is 0 Å². The summed E-state index contributed by atoms with van der Waals surface area (Å²) in [6.07, 6.45) is 6.54. The summed E-state index contributed by atoms with van der Waals surface area (Å²) in [6.45, 7) is 1.59. The van der Waals surface area contributed by atoms with Gasteiger partial charge in [0, 0.05) is 24.3 Å². The van der Waals surface area contributed by atoms with E-state index >= 15 is 0 Å². The van der Waals surface area contributed by atoms with E-state index in [-0.39, 0.29) is 11.8 Å². The Kier molecular flexibility index (Phi) is 5.16. The molecule has 2 unspecified atom stereocenters. The number of allylic oxidation sites excluding steroid dienone is 2. The summed E-state index contributed by atoms with van der Waals surface area (Å²) in [7, 11) is 0. The Morgan fingerprint density at radius 2 is 1.56 bits per heavy atom. The highest BCUT2D eigenvalue weighted by atomic mass is 16.4. The number of carbonyl (C=O) groups is 3. The molecule has 0 radical (unpaired) electrons. The molecular weight excluding hydrogens is 320 g/mol. The molecule has 0 aromatic heterocycles. The Morgan fingerprint density at radius 1 is 0.960 bits per heavy atom.